The van der Waals surface area contributed by atoms with Gasteiger partial charge in [-0.2, -0.15) is 0 Å². The van der Waals surface area contributed by atoms with E-state index >= 15 is 0 Å². The summed E-state index contributed by atoms with van der Waals surface area (Å²) in [5.74, 6) is 0.374. The highest BCUT2D eigenvalue weighted by Crippen LogP contribution is 2.21. The van der Waals surface area contributed by atoms with Crippen LogP contribution in [0.3, 0.4) is 0 Å². The number of hydrogen-bond donors (Lipinski definition) is 0. The summed E-state index contributed by atoms with van der Waals surface area (Å²) in [6.07, 6.45) is 4.90. The molecule has 1 aliphatic heterocycles. The van der Waals surface area contributed by atoms with Crippen LogP contribution < -0.4 is 0 Å². The van der Waals surface area contributed by atoms with E-state index in [2.05, 4.69) is 6.58 Å². The SMILES string of the molecule is C=CC(=O)OC(Cc1ccco1)C1CCCO1. The largest absolute Gasteiger partial charge is 0.469 e. The fourth-order valence-electron chi connectivity index (χ4n) is 1.97. The smallest absolute Gasteiger partial charge is 0.330 e. The molecule has 0 amide bonds. The molecule has 1 aromatic heterocycles. The van der Waals surface area contributed by atoms with Crippen molar-refractivity contribution in [2.24, 2.45) is 0 Å². The average molecular weight is 236 g/mol. The van der Waals surface area contributed by atoms with Gasteiger partial charge in [0.25, 0.3) is 0 Å². The minimum absolute atomic E-state index is 0.0380. The number of ether oxygens (including phenoxy) is 2. The molecule has 1 aliphatic rings. The van der Waals surface area contributed by atoms with E-state index in [1.165, 1.54) is 6.08 Å². The van der Waals surface area contributed by atoms with Gasteiger partial charge in [-0.25, -0.2) is 4.79 Å². The van der Waals surface area contributed by atoms with E-state index in [0.717, 1.165) is 25.2 Å². The van der Waals surface area contributed by atoms with E-state index in [9.17, 15) is 4.79 Å². The monoisotopic (exact) mass is 236 g/mol. The lowest BCUT2D eigenvalue weighted by molar-refractivity contribution is -0.149. The molecule has 2 heterocycles. The van der Waals surface area contributed by atoms with Gasteiger partial charge in [-0.3, -0.25) is 0 Å². The Hall–Kier alpha value is -1.55. The van der Waals surface area contributed by atoms with Gasteiger partial charge in [-0.1, -0.05) is 6.58 Å². The van der Waals surface area contributed by atoms with Gasteiger partial charge in [0.15, 0.2) is 0 Å². The summed E-state index contributed by atoms with van der Waals surface area (Å²) in [5.41, 5.74) is 0. The first kappa shape index (κ1) is 11.9. The molecule has 0 aromatic carbocycles. The Kier molecular flexibility index (Phi) is 3.98. The highest BCUT2D eigenvalue weighted by atomic mass is 16.6. The molecule has 1 saturated heterocycles. The van der Waals surface area contributed by atoms with Gasteiger partial charge in [0.2, 0.25) is 0 Å². The van der Waals surface area contributed by atoms with E-state index in [1.807, 2.05) is 12.1 Å². The Balaban J connectivity index is 2.00. The van der Waals surface area contributed by atoms with Crippen LogP contribution in [0.4, 0.5) is 0 Å². The second-order valence-electron chi connectivity index (χ2n) is 4.01. The molecule has 92 valence electrons. The fourth-order valence-corrected chi connectivity index (χ4v) is 1.97. The van der Waals surface area contributed by atoms with Gasteiger partial charge in [-0.05, 0) is 25.0 Å². The number of hydrogen-bond acceptors (Lipinski definition) is 4. The molecular weight excluding hydrogens is 220 g/mol. The Morgan fingerprint density at radius 1 is 1.71 bits per heavy atom. The summed E-state index contributed by atoms with van der Waals surface area (Å²) in [5, 5.41) is 0. The molecule has 2 rings (SSSR count). The highest BCUT2D eigenvalue weighted by Gasteiger charge is 2.29. The topological polar surface area (TPSA) is 48.7 Å². The minimum Gasteiger partial charge on any atom is -0.469 e. The zero-order valence-electron chi connectivity index (χ0n) is 9.63. The molecular formula is C13H16O4. The molecule has 0 bridgehead atoms. The van der Waals surface area contributed by atoms with Crippen molar-refractivity contribution in [1.29, 1.82) is 0 Å². The molecule has 0 aliphatic carbocycles. The molecule has 2 atom stereocenters. The van der Waals surface area contributed by atoms with Crippen LogP contribution in [0, 0.1) is 0 Å². The maximum Gasteiger partial charge on any atom is 0.330 e. The second kappa shape index (κ2) is 5.68. The Morgan fingerprint density at radius 3 is 3.18 bits per heavy atom. The van der Waals surface area contributed by atoms with Gasteiger partial charge in [-0.15, -0.1) is 0 Å². The van der Waals surface area contributed by atoms with Crippen LogP contribution in [0.5, 0.6) is 0 Å². The summed E-state index contributed by atoms with van der Waals surface area (Å²) in [4.78, 5) is 11.3. The van der Waals surface area contributed by atoms with Crippen molar-refractivity contribution in [2.75, 3.05) is 6.61 Å². The average Bonchev–Trinajstić information content (AvgIpc) is 3.00. The second-order valence-corrected chi connectivity index (χ2v) is 4.01. The number of esters is 1. The third-order valence-electron chi connectivity index (χ3n) is 2.80. The molecule has 0 radical (unpaired) electrons. The predicted molar refractivity (Wildman–Crippen MR) is 61.5 cm³/mol. The highest BCUT2D eigenvalue weighted by molar-refractivity contribution is 5.81. The fraction of sp³-hybridized carbons (Fsp3) is 0.462. The number of carbonyl (C=O) groups excluding carboxylic acids is 1. The first-order valence-electron chi connectivity index (χ1n) is 5.76. The van der Waals surface area contributed by atoms with E-state index in [1.54, 1.807) is 6.26 Å². The van der Waals surface area contributed by atoms with Crippen molar-refractivity contribution in [2.45, 2.75) is 31.5 Å². The molecule has 2 unspecified atom stereocenters. The predicted octanol–water partition coefficient (Wildman–Crippen LogP) is 2.10. The van der Waals surface area contributed by atoms with E-state index in [0.29, 0.717) is 6.42 Å². The maximum atomic E-state index is 11.3. The van der Waals surface area contributed by atoms with Crippen LogP contribution in [-0.4, -0.2) is 24.8 Å². The minimum atomic E-state index is -0.419. The van der Waals surface area contributed by atoms with Crippen molar-refractivity contribution in [3.05, 3.63) is 36.8 Å². The van der Waals surface area contributed by atoms with Crippen molar-refractivity contribution in [3.8, 4) is 0 Å². The van der Waals surface area contributed by atoms with Crippen LogP contribution in [-0.2, 0) is 20.7 Å². The molecule has 1 fully saturated rings. The third kappa shape index (κ3) is 3.20. The van der Waals surface area contributed by atoms with Crippen LogP contribution in [0.25, 0.3) is 0 Å². The van der Waals surface area contributed by atoms with Crippen molar-refractivity contribution >= 4 is 5.97 Å². The molecule has 0 saturated carbocycles. The van der Waals surface area contributed by atoms with E-state index < -0.39 is 5.97 Å². The molecule has 0 spiro atoms. The number of rotatable bonds is 5. The Labute approximate surface area is 100 Å². The van der Waals surface area contributed by atoms with Gasteiger partial charge < -0.3 is 13.9 Å². The molecule has 0 N–H and O–H groups in total. The summed E-state index contributed by atoms with van der Waals surface area (Å²) < 4.78 is 16.1. The molecule has 1 aromatic rings. The first-order chi connectivity index (χ1) is 8.29. The van der Waals surface area contributed by atoms with E-state index in [4.69, 9.17) is 13.9 Å². The third-order valence-corrected chi connectivity index (χ3v) is 2.80. The van der Waals surface area contributed by atoms with Gasteiger partial charge in [0.05, 0.1) is 12.4 Å². The summed E-state index contributed by atoms with van der Waals surface area (Å²) in [6, 6.07) is 3.68. The van der Waals surface area contributed by atoms with Crippen molar-refractivity contribution in [1.82, 2.24) is 0 Å². The lowest BCUT2D eigenvalue weighted by Crippen LogP contribution is -2.32. The van der Waals surface area contributed by atoms with Crippen LogP contribution in [0.2, 0.25) is 0 Å². The summed E-state index contributed by atoms with van der Waals surface area (Å²) in [7, 11) is 0. The molecule has 4 nitrogen and oxygen atoms in total. The summed E-state index contributed by atoms with van der Waals surface area (Å²) in [6.45, 7) is 4.13. The Morgan fingerprint density at radius 2 is 2.59 bits per heavy atom. The van der Waals surface area contributed by atoms with Gasteiger partial charge in [0.1, 0.15) is 11.9 Å². The van der Waals surface area contributed by atoms with Gasteiger partial charge in [0, 0.05) is 19.1 Å². The van der Waals surface area contributed by atoms with Crippen LogP contribution >= 0.6 is 0 Å². The first-order valence-corrected chi connectivity index (χ1v) is 5.76. The maximum absolute atomic E-state index is 11.3. The molecule has 4 heteroatoms. The zero-order chi connectivity index (χ0) is 12.1. The van der Waals surface area contributed by atoms with Crippen molar-refractivity contribution < 1.29 is 18.7 Å². The standard InChI is InChI=1S/C13H16O4/c1-2-13(14)17-12(11-6-4-8-16-11)9-10-5-3-7-15-10/h2-3,5,7,11-12H,1,4,6,8-9H2. The van der Waals surface area contributed by atoms with Crippen LogP contribution in [0.15, 0.2) is 35.5 Å². The Bertz CT molecular complexity index is 363. The lowest BCUT2D eigenvalue weighted by Gasteiger charge is -2.21. The number of furan rings is 1. The van der Waals surface area contributed by atoms with Crippen LogP contribution in [0.1, 0.15) is 18.6 Å². The zero-order valence-corrected chi connectivity index (χ0v) is 9.63. The van der Waals surface area contributed by atoms with E-state index in [-0.39, 0.29) is 12.2 Å². The number of carbonyl (C=O) groups is 1. The lowest BCUT2D eigenvalue weighted by atomic mass is 10.1. The quantitative estimate of drug-likeness (QED) is 0.580. The summed E-state index contributed by atoms with van der Waals surface area (Å²) >= 11 is 0. The van der Waals surface area contributed by atoms with Gasteiger partial charge >= 0.3 is 5.97 Å². The normalized spacial score (nSPS) is 21.1. The van der Waals surface area contributed by atoms with Crippen molar-refractivity contribution in [3.63, 3.8) is 0 Å². The molecule has 17 heavy (non-hydrogen) atoms.